The van der Waals surface area contributed by atoms with E-state index in [0.717, 1.165) is 0 Å². The minimum absolute atomic E-state index is 0.124. The first-order valence-electron chi connectivity index (χ1n) is 4.99. The summed E-state index contributed by atoms with van der Waals surface area (Å²) in [5.74, 6) is -0.356. The third kappa shape index (κ3) is 3.17. The van der Waals surface area contributed by atoms with Gasteiger partial charge in [0.2, 0.25) is 11.8 Å². The predicted molar refractivity (Wildman–Crippen MR) is 51.9 cm³/mol. The first-order chi connectivity index (χ1) is 7.19. The molecular formula is C9H16N2O4. The molecular weight excluding hydrogens is 200 g/mol. The van der Waals surface area contributed by atoms with Gasteiger partial charge in [0.05, 0.1) is 13.2 Å². The van der Waals surface area contributed by atoms with E-state index in [9.17, 15) is 9.59 Å². The highest BCUT2D eigenvalue weighted by atomic mass is 16.3. The number of carbonyl (C=O) groups excluding carboxylic acids is 2. The van der Waals surface area contributed by atoms with E-state index in [0.29, 0.717) is 12.8 Å². The van der Waals surface area contributed by atoms with Crippen LogP contribution < -0.4 is 5.32 Å². The van der Waals surface area contributed by atoms with Gasteiger partial charge in [0, 0.05) is 19.5 Å². The number of aliphatic hydroxyl groups excluding tert-OH is 2. The second-order valence-electron chi connectivity index (χ2n) is 3.43. The van der Waals surface area contributed by atoms with E-state index in [1.807, 2.05) is 0 Å². The third-order valence-corrected chi connectivity index (χ3v) is 2.34. The SMILES string of the molecule is O=C1CC[C@H](C(=O)N(CCO)CCO)N1. The van der Waals surface area contributed by atoms with Crippen LogP contribution in [0.4, 0.5) is 0 Å². The summed E-state index contributed by atoms with van der Waals surface area (Å²) in [6.45, 7) is 0.0797. The zero-order chi connectivity index (χ0) is 11.3. The number of nitrogens with zero attached hydrogens (tertiary/aromatic N) is 1. The molecule has 0 aromatic carbocycles. The van der Waals surface area contributed by atoms with Crippen molar-refractivity contribution in [2.24, 2.45) is 0 Å². The van der Waals surface area contributed by atoms with E-state index in [1.165, 1.54) is 4.90 Å². The highest BCUT2D eigenvalue weighted by molar-refractivity contribution is 5.90. The Bertz CT molecular complexity index is 238. The van der Waals surface area contributed by atoms with Crippen molar-refractivity contribution >= 4 is 11.8 Å². The fourth-order valence-electron chi connectivity index (χ4n) is 1.59. The fourth-order valence-corrected chi connectivity index (χ4v) is 1.59. The van der Waals surface area contributed by atoms with Crippen molar-refractivity contribution in [3.8, 4) is 0 Å². The lowest BCUT2D eigenvalue weighted by molar-refractivity contribution is -0.135. The lowest BCUT2D eigenvalue weighted by atomic mass is 10.2. The van der Waals surface area contributed by atoms with Gasteiger partial charge in [0.25, 0.3) is 0 Å². The summed E-state index contributed by atoms with van der Waals surface area (Å²) < 4.78 is 0. The molecule has 1 saturated heterocycles. The molecule has 1 fully saturated rings. The summed E-state index contributed by atoms with van der Waals surface area (Å²) in [6.07, 6.45) is 0.855. The molecule has 1 atom stereocenters. The van der Waals surface area contributed by atoms with Crippen molar-refractivity contribution in [1.29, 1.82) is 0 Å². The topological polar surface area (TPSA) is 89.9 Å². The van der Waals surface area contributed by atoms with Crippen molar-refractivity contribution in [2.45, 2.75) is 18.9 Å². The molecule has 2 amide bonds. The van der Waals surface area contributed by atoms with Crippen LogP contribution in [0.2, 0.25) is 0 Å². The number of amides is 2. The maximum absolute atomic E-state index is 11.8. The van der Waals surface area contributed by atoms with Crippen LogP contribution >= 0.6 is 0 Å². The van der Waals surface area contributed by atoms with Crippen molar-refractivity contribution < 1.29 is 19.8 Å². The van der Waals surface area contributed by atoms with E-state index in [1.54, 1.807) is 0 Å². The predicted octanol–water partition coefficient (Wildman–Crippen LogP) is -1.92. The van der Waals surface area contributed by atoms with Crippen LogP contribution in [0.3, 0.4) is 0 Å². The Kier molecular flexibility index (Phi) is 4.51. The molecule has 3 N–H and O–H groups in total. The molecule has 1 aliphatic rings. The van der Waals surface area contributed by atoms with Gasteiger partial charge in [-0.3, -0.25) is 9.59 Å². The van der Waals surface area contributed by atoms with Gasteiger partial charge in [-0.1, -0.05) is 0 Å². The van der Waals surface area contributed by atoms with Crippen LogP contribution in [-0.4, -0.2) is 59.3 Å². The summed E-state index contributed by atoms with van der Waals surface area (Å²) in [6, 6.07) is -0.490. The molecule has 1 rings (SSSR count). The highest BCUT2D eigenvalue weighted by Crippen LogP contribution is 2.09. The first kappa shape index (κ1) is 11.9. The van der Waals surface area contributed by atoms with E-state index < -0.39 is 6.04 Å². The van der Waals surface area contributed by atoms with Gasteiger partial charge in [-0.25, -0.2) is 0 Å². The average molecular weight is 216 g/mol. The monoisotopic (exact) mass is 216 g/mol. The lowest BCUT2D eigenvalue weighted by Gasteiger charge is -2.23. The molecule has 1 aliphatic heterocycles. The average Bonchev–Trinajstić information content (AvgIpc) is 2.63. The second-order valence-corrected chi connectivity index (χ2v) is 3.43. The maximum Gasteiger partial charge on any atom is 0.245 e. The Morgan fingerprint density at radius 3 is 2.40 bits per heavy atom. The zero-order valence-corrected chi connectivity index (χ0v) is 8.48. The van der Waals surface area contributed by atoms with Gasteiger partial charge in [0.15, 0.2) is 0 Å². The van der Waals surface area contributed by atoms with Crippen molar-refractivity contribution in [3.63, 3.8) is 0 Å². The van der Waals surface area contributed by atoms with E-state index in [2.05, 4.69) is 5.32 Å². The molecule has 0 spiro atoms. The minimum Gasteiger partial charge on any atom is -0.395 e. The molecule has 0 saturated carbocycles. The lowest BCUT2D eigenvalue weighted by Crippen LogP contribution is -2.46. The van der Waals surface area contributed by atoms with E-state index in [-0.39, 0.29) is 38.1 Å². The molecule has 0 aromatic heterocycles. The Morgan fingerprint density at radius 2 is 2.00 bits per heavy atom. The standard InChI is InChI=1S/C9H16N2O4/c12-5-3-11(4-6-13)9(15)7-1-2-8(14)10-7/h7,12-13H,1-6H2,(H,10,14)/t7-/m1/s1. The summed E-state index contributed by atoms with van der Waals surface area (Å²) in [7, 11) is 0. The zero-order valence-electron chi connectivity index (χ0n) is 8.48. The molecule has 1 heterocycles. The normalized spacial score (nSPS) is 20.1. The largest absolute Gasteiger partial charge is 0.395 e. The quantitative estimate of drug-likeness (QED) is 0.499. The molecule has 0 bridgehead atoms. The second kappa shape index (κ2) is 5.67. The Morgan fingerprint density at radius 1 is 1.40 bits per heavy atom. The van der Waals surface area contributed by atoms with Gasteiger partial charge in [-0.05, 0) is 6.42 Å². The van der Waals surface area contributed by atoms with Gasteiger partial charge < -0.3 is 20.4 Å². The summed E-state index contributed by atoms with van der Waals surface area (Å²) in [4.78, 5) is 24.0. The molecule has 15 heavy (non-hydrogen) atoms. The third-order valence-electron chi connectivity index (χ3n) is 2.34. The number of aliphatic hydroxyl groups is 2. The molecule has 6 nitrogen and oxygen atoms in total. The summed E-state index contributed by atoms with van der Waals surface area (Å²) in [5.41, 5.74) is 0. The fraction of sp³-hybridized carbons (Fsp3) is 0.778. The number of hydrogen-bond acceptors (Lipinski definition) is 4. The molecule has 86 valence electrons. The van der Waals surface area contributed by atoms with Crippen LogP contribution in [0.15, 0.2) is 0 Å². The van der Waals surface area contributed by atoms with E-state index in [4.69, 9.17) is 10.2 Å². The van der Waals surface area contributed by atoms with Crippen molar-refractivity contribution in [1.82, 2.24) is 10.2 Å². The molecule has 0 unspecified atom stereocenters. The number of hydrogen-bond donors (Lipinski definition) is 3. The Balaban J connectivity index is 2.51. The van der Waals surface area contributed by atoms with Crippen LogP contribution in [0.5, 0.6) is 0 Å². The minimum atomic E-state index is -0.490. The van der Waals surface area contributed by atoms with Gasteiger partial charge >= 0.3 is 0 Å². The Hall–Kier alpha value is -1.14. The first-order valence-corrected chi connectivity index (χ1v) is 4.99. The number of nitrogens with one attached hydrogen (secondary N) is 1. The molecule has 6 heteroatoms. The van der Waals surface area contributed by atoms with Crippen LogP contribution in [0.1, 0.15) is 12.8 Å². The summed E-state index contributed by atoms with van der Waals surface area (Å²) in [5, 5.41) is 20.0. The van der Waals surface area contributed by atoms with Gasteiger partial charge in [-0.2, -0.15) is 0 Å². The number of rotatable bonds is 5. The highest BCUT2D eigenvalue weighted by Gasteiger charge is 2.30. The van der Waals surface area contributed by atoms with Crippen LogP contribution in [0, 0.1) is 0 Å². The molecule has 0 radical (unpaired) electrons. The molecule has 0 aromatic rings. The van der Waals surface area contributed by atoms with Crippen LogP contribution in [0.25, 0.3) is 0 Å². The Labute approximate surface area is 87.9 Å². The summed E-state index contributed by atoms with van der Waals surface area (Å²) >= 11 is 0. The number of carbonyl (C=O) groups is 2. The smallest absolute Gasteiger partial charge is 0.245 e. The van der Waals surface area contributed by atoms with E-state index >= 15 is 0 Å². The molecule has 0 aliphatic carbocycles. The van der Waals surface area contributed by atoms with Crippen molar-refractivity contribution in [3.05, 3.63) is 0 Å². The van der Waals surface area contributed by atoms with Gasteiger partial charge in [0.1, 0.15) is 6.04 Å². The van der Waals surface area contributed by atoms with Crippen LogP contribution in [-0.2, 0) is 9.59 Å². The van der Waals surface area contributed by atoms with Crippen molar-refractivity contribution in [2.75, 3.05) is 26.3 Å². The van der Waals surface area contributed by atoms with Gasteiger partial charge in [-0.15, -0.1) is 0 Å². The maximum atomic E-state index is 11.8.